The molecule has 0 spiro atoms. The highest BCUT2D eigenvalue weighted by Crippen LogP contribution is 2.26. The first-order valence-corrected chi connectivity index (χ1v) is 5.84. The topological polar surface area (TPSA) is 23.5 Å². The summed E-state index contributed by atoms with van der Waals surface area (Å²) in [7, 11) is 1.92. The molecule has 0 bridgehead atoms. The van der Waals surface area contributed by atoms with Gasteiger partial charge in [0.25, 0.3) is 0 Å². The van der Waals surface area contributed by atoms with Crippen molar-refractivity contribution in [1.29, 1.82) is 0 Å². The summed E-state index contributed by atoms with van der Waals surface area (Å²) in [6, 6.07) is 4.10. The maximum atomic E-state index is 13.5. The van der Waals surface area contributed by atoms with Crippen LogP contribution in [0.15, 0.2) is 18.2 Å². The third-order valence-corrected chi connectivity index (χ3v) is 3.30. The van der Waals surface area contributed by atoms with Crippen LogP contribution in [0.5, 0.6) is 0 Å². The molecule has 1 fully saturated rings. The number of likely N-dealkylation sites (tertiary alicyclic amines) is 1. The summed E-state index contributed by atoms with van der Waals surface area (Å²) in [4.78, 5) is 2.01. The Kier molecular flexibility index (Phi) is 3.45. The summed E-state index contributed by atoms with van der Waals surface area (Å²) < 4.78 is 26.6. The minimum absolute atomic E-state index is 0.168. The Balaban J connectivity index is 2.17. The van der Waals surface area contributed by atoms with Gasteiger partial charge in [-0.05, 0) is 38.1 Å². The molecule has 0 aliphatic carbocycles. The SMILES string of the molecule is CN1CCCC(O)(Cc2cccc(F)c2F)C1. The lowest BCUT2D eigenvalue weighted by molar-refractivity contribution is -0.0230. The zero-order valence-electron chi connectivity index (χ0n) is 9.92. The summed E-state index contributed by atoms with van der Waals surface area (Å²) >= 11 is 0. The van der Waals surface area contributed by atoms with Crippen molar-refractivity contribution >= 4 is 0 Å². The lowest BCUT2D eigenvalue weighted by atomic mass is 9.86. The zero-order chi connectivity index (χ0) is 12.5. The summed E-state index contributed by atoms with van der Waals surface area (Å²) in [6.45, 7) is 1.44. The van der Waals surface area contributed by atoms with Gasteiger partial charge in [-0.15, -0.1) is 0 Å². The predicted molar refractivity (Wildman–Crippen MR) is 61.7 cm³/mol. The van der Waals surface area contributed by atoms with E-state index in [0.717, 1.165) is 19.0 Å². The molecule has 17 heavy (non-hydrogen) atoms. The number of benzene rings is 1. The molecule has 1 saturated heterocycles. The molecule has 1 aromatic rings. The molecule has 1 N–H and O–H groups in total. The number of piperidine rings is 1. The van der Waals surface area contributed by atoms with Gasteiger partial charge in [-0.1, -0.05) is 12.1 Å². The van der Waals surface area contributed by atoms with Crippen molar-refractivity contribution in [2.45, 2.75) is 24.9 Å². The van der Waals surface area contributed by atoms with Gasteiger partial charge in [0, 0.05) is 13.0 Å². The molecule has 0 radical (unpaired) electrons. The summed E-state index contributed by atoms with van der Waals surface area (Å²) in [5.41, 5.74) is -0.690. The number of hydrogen-bond acceptors (Lipinski definition) is 2. The lowest BCUT2D eigenvalue weighted by Gasteiger charge is -2.37. The maximum Gasteiger partial charge on any atom is 0.162 e. The quantitative estimate of drug-likeness (QED) is 0.855. The second-order valence-electron chi connectivity index (χ2n) is 4.96. The van der Waals surface area contributed by atoms with Gasteiger partial charge in [0.1, 0.15) is 0 Å². The molecule has 1 aliphatic rings. The highest BCUT2D eigenvalue weighted by Gasteiger charge is 2.33. The fourth-order valence-corrected chi connectivity index (χ4v) is 2.52. The number of likely N-dealkylation sites (N-methyl/N-ethyl adjacent to an activating group) is 1. The van der Waals surface area contributed by atoms with Gasteiger partial charge in [-0.3, -0.25) is 0 Å². The number of hydrogen-bond donors (Lipinski definition) is 1. The third-order valence-electron chi connectivity index (χ3n) is 3.30. The number of rotatable bonds is 2. The first kappa shape index (κ1) is 12.5. The van der Waals surface area contributed by atoms with Gasteiger partial charge in [-0.25, -0.2) is 8.78 Å². The summed E-state index contributed by atoms with van der Waals surface area (Å²) in [6.07, 6.45) is 1.68. The van der Waals surface area contributed by atoms with E-state index in [2.05, 4.69) is 0 Å². The van der Waals surface area contributed by atoms with Gasteiger partial charge in [0.15, 0.2) is 11.6 Å². The van der Waals surface area contributed by atoms with Crippen molar-refractivity contribution in [2.24, 2.45) is 0 Å². The van der Waals surface area contributed by atoms with Crippen LogP contribution in [0.1, 0.15) is 18.4 Å². The smallest absolute Gasteiger partial charge is 0.162 e. The van der Waals surface area contributed by atoms with E-state index in [4.69, 9.17) is 0 Å². The van der Waals surface area contributed by atoms with E-state index in [0.29, 0.717) is 13.0 Å². The van der Waals surface area contributed by atoms with Crippen LogP contribution in [0.3, 0.4) is 0 Å². The Bertz CT molecular complexity index is 410. The fraction of sp³-hybridized carbons (Fsp3) is 0.538. The average Bonchev–Trinajstić information content (AvgIpc) is 2.24. The minimum atomic E-state index is -0.943. The third kappa shape index (κ3) is 2.82. The van der Waals surface area contributed by atoms with Crippen LogP contribution in [0.25, 0.3) is 0 Å². The fourth-order valence-electron chi connectivity index (χ4n) is 2.52. The minimum Gasteiger partial charge on any atom is -0.388 e. The summed E-state index contributed by atoms with van der Waals surface area (Å²) in [5, 5.41) is 10.4. The Morgan fingerprint density at radius 3 is 2.88 bits per heavy atom. The zero-order valence-corrected chi connectivity index (χ0v) is 9.92. The van der Waals surface area contributed by atoms with Crippen molar-refractivity contribution < 1.29 is 13.9 Å². The number of β-amino-alcohol motifs (C(OH)–C–C–N with tert-alkyl or cyclic N) is 1. The van der Waals surface area contributed by atoms with E-state index in [-0.39, 0.29) is 12.0 Å². The van der Waals surface area contributed by atoms with Crippen molar-refractivity contribution in [3.63, 3.8) is 0 Å². The van der Waals surface area contributed by atoms with E-state index < -0.39 is 17.2 Å². The van der Waals surface area contributed by atoms with Crippen LogP contribution < -0.4 is 0 Å². The average molecular weight is 241 g/mol. The molecule has 1 aromatic carbocycles. The first-order valence-electron chi connectivity index (χ1n) is 5.84. The number of nitrogens with zero attached hydrogens (tertiary/aromatic N) is 1. The first-order chi connectivity index (χ1) is 8.00. The molecular weight excluding hydrogens is 224 g/mol. The molecule has 0 saturated carbocycles. The van der Waals surface area contributed by atoms with Crippen LogP contribution in [0.4, 0.5) is 8.78 Å². The molecule has 1 unspecified atom stereocenters. The van der Waals surface area contributed by atoms with Gasteiger partial charge >= 0.3 is 0 Å². The van der Waals surface area contributed by atoms with Gasteiger partial charge < -0.3 is 10.0 Å². The van der Waals surface area contributed by atoms with Gasteiger partial charge in [-0.2, -0.15) is 0 Å². The molecule has 1 heterocycles. The van der Waals surface area contributed by atoms with E-state index in [1.807, 2.05) is 11.9 Å². The molecular formula is C13H17F2NO. The highest BCUT2D eigenvalue weighted by atomic mass is 19.2. The Morgan fingerprint density at radius 1 is 1.41 bits per heavy atom. The van der Waals surface area contributed by atoms with Crippen molar-refractivity contribution in [3.05, 3.63) is 35.4 Å². The van der Waals surface area contributed by atoms with Gasteiger partial charge in [0.05, 0.1) is 5.60 Å². The highest BCUT2D eigenvalue weighted by molar-refractivity contribution is 5.21. The molecule has 1 aliphatic heterocycles. The van der Waals surface area contributed by atoms with Crippen molar-refractivity contribution in [2.75, 3.05) is 20.1 Å². The number of halogens is 2. The standard InChI is InChI=1S/C13H17F2NO/c1-16-7-3-6-13(17,9-16)8-10-4-2-5-11(14)12(10)15/h2,4-5,17H,3,6-9H2,1H3. The van der Waals surface area contributed by atoms with Crippen LogP contribution in [0, 0.1) is 11.6 Å². The normalized spacial score (nSPS) is 26.1. The molecule has 94 valence electrons. The molecule has 0 aromatic heterocycles. The molecule has 2 rings (SSSR count). The van der Waals surface area contributed by atoms with E-state index in [1.54, 1.807) is 0 Å². The number of aliphatic hydroxyl groups is 1. The van der Waals surface area contributed by atoms with E-state index in [9.17, 15) is 13.9 Å². The largest absolute Gasteiger partial charge is 0.388 e. The Labute approximate surface area is 99.9 Å². The van der Waals surface area contributed by atoms with Crippen LogP contribution in [-0.4, -0.2) is 35.7 Å². The molecule has 4 heteroatoms. The van der Waals surface area contributed by atoms with Crippen LogP contribution in [0.2, 0.25) is 0 Å². The van der Waals surface area contributed by atoms with Crippen molar-refractivity contribution in [3.8, 4) is 0 Å². The van der Waals surface area contributed by atoms with E-state index >= 15 is 0 Å². The summed E-state index contributed by atoms with van der Waals surface area (Å²) in [5.74, 6) is -1.69. The molecule has 0 amide bonds. The maximum absolute atomic E-state index is 13.5. The Hall–Kier alpha value is -1.00. The lowest BCUT2D eigenvalue weighted by Crippen LogP contribution is -2.48. The second kappa shape index (κ2) is 4.70. The monoisotopic (exact) mass is 241 g/mol. The van der Waals surface area contributed by atoms with Crippen LogP contribution >= 0.6 is 0 Å². The molecule has 2 nitrogen and oxygen atoms in total. The van der Waals surface area contributed by atoms with Gasteiger partial charge in [0.2, 0.25) is 0 Å². The second-order valence-corrected chi connectivity index (χ2v) is 4.96. The Morgan fingerprint density at radius 2 is 2.18 bits per heavy atom. The van der Waals surface area contributed by atoms with Crippen LogP contribution in [-0.2, 0) is 6.42 Å². The molecule has 1 atom stereocenters. The van der Waals surface area contributed by atoms with E-state index in [1.165, 1.54) is 12.1 Å². The predicted octanol–water partition coefficient (Wildman–Crippen LogP) is 1.96. The van der Waals surface area contributed by atoms with Crippen molar-refractivity contribution in [1.82, 2.24) is 4.90 Å².